The van der Waals surface area contributed by atoms with Gasteiger partial charge in [-0.25, -0.2) is 0 Å². The lowest BCUT2D eigenvalue weighted by atomic mass is 9.87. The molecule has 82 valence electrons. The van der Waals surface area contributed by atoms with Crippen LogP contribution in [0, 0.1) is 5.41 Å². The molecule has 4 nitrogen and oxygen atoms in total. The van der Waals surface area contributed by atoms with Gasteiger partial charge in [0.1, 0.15) is 5.78 Å². The summed E-state index contributed by atoms with van der Waals surface area (Å²) < 4.78 is 0. The highest BCUT2D eigenvalue weighted by Gasteiger charge is 2.22. The third-order valence-electron chi connectivity index (χ3n) is 2.19. The van der Waals surface area contributed by atoms with Crippen LogP contribution in [-0.2, 0) is 9.59 Å². The molecule has 1 atom stereocenters. The Morgan fingerprint density at radius 3 is 2.14 bits per heavy atom. The van der Waals surface area contributed by atoms with Crippen LogP contribution >= 0.6 is 0 Å². The molecule has 0 aromatic carbocycles. The summed E-state index contributed by atoms with van der Waals surface area (Å²) in [5.74, 6) is -0.256. The number of rotatable bonds is 5. The van der Waals surface area contributed by atoms with Crippen LogP contribution in [-0.4, -0.2) is 24.8 Å². The van der Waals surface area contributed by atoms with Crippen LogP contribution in [0.4, 0.5) is 0 Å². The van der Waals surface area contributed by atoms with E-state index in [-0.39, 0.29) is 11.2 Å². The molecule has 3 N–H and O–H groups in total. The van der Waals surface area contributed by atoms with Gasteiger partial charge in [-0.1, -0.05) is 20.8 Å². The summed E-state index contributed by atoms with van der Waals surface area (Å²) in [6.45, 7) is 5.61. The molecule has 4 heteroatoms. The predicted octanol–water partition coefficient (Wildman–Crippen LogP) is 0.455. The maximum absolute atomic E-state index is 11.5. The van der Waals surface area contributed by atoms with Crippen molar-refractivity contribution in [2.75, 3.05) is 7.05 Å². The number of carbonyl (C=O) groups excluding carboxylic acids is 2. The van der Waals surface area contributed by atoms with Crippen LogP contribution in [0.2, 0.25) is 0 Å². The van der Waals surface area contributed by atoms with Crippen molar-refractivity contribution in [2.24, 2.45) is 11.1 Å². The van der Waals surface area contributed by atoms with E-state index in [4.69, 9.17) is 5.73 Å². The van der Waals surface area contributed by atoms with Crippen LogP contribution in [0.3, 0.4) is 0 Å². The van der Waals surface area contributed by atoms with E-state index in [2.05, 4.69) is 5.32 Å². The van der Waals surface area contributed by atoms with Crippen molar-refractivity contribution < 1.29 is 9.59 Å². The standard InChI is InChI=1S/C10H20N2O2/c1-10(2,3)8(13)6-5-7(12-4)9(11)14/h7,12H,5-6H2,1-4H3,(H2,11,14). The van der Waals surface area contributed by atoms with Gasteiger partial charge < -0.3 is 11.1 Å². The highest BCUT2D eigenvalue weighted by molar-refractivity contribution is 5.85. The minimum atomic E-state index is -0.408. The summed E-state index contributed by atoms with van der Waals surface area (Å²) >= 11 is 0. The largest absolute Gasteiger partial charge is 0.368 e. The van der Waals surface area contributed by atoms with Crippen molar-refractivity contribution >= 4 is 11.7 Å². The van der Waals surface area contributed by atoms with Crippen LogP contribution < -0.4 is 11.1 Å². The third-order valence-corrected chi connectivity index (χ3v) is 2.19. The van der Waals surface area contributed by atoms with Gasteiger partial charge in [0.25, 0.3) is 0 Å². The maximum atomic E-state index is 11.5. The highest BCUT2D eigenvalue weighted by atomic mass is 16.1. The van der Waals surface area contributed by atoms with Gasteiger partial charge in [-0.3, -0.25) is 9.59 Å². The number of nitrogens with one attached hydrogen (secondary N) is 1. The van der Waals surface area contributed by atoms with Gasteiger partial charge in [-0.2, -0.15) is 0 Å². The van der Waals surface area contributed by atoms with Crippen LogP contribution in [0.15, 0.2) is 0 Å². The average molecular weight is 200 g/mol. The molecule has 0 radical (unpaired) electrons. The second-order valence-electron chi connectivity index (χ2n) is 4.46. The number of nitrogens with two attached hydrogens (primary N) is 1. The molecule has 14 heavy (non-hydrogen) atoms. The second-order valence-corrected chi connectivity index (χ2v) is 4.46. The monoisotopic (exact) mass is 200 g/mol. The van der Waals surface area contributed by atoms with Gasteiger partial charge in [0.2, 0.25) is 5.91 Å². The number of likely N-dealkylation sites (N-methyl/N-ethyl adjacent to an activating group) is 1. The van der Waals surface area contributed by atoms with Gasteiger partial charge in [0.05, 0.1) is 6.04 Å². The van der Waals surface area contributed by atoms with E-state index in [1.54, 1.807) is 7.05 Å². The van der Waals surface area contributed by atoms with Crippen molar-refractivity contribution in [3.63, 3.8) is 0 Å². The Morgan fingerprint density at radius 1 is 1.36 bits per heavy atom. The molecule has 1 unspecified atom stereocenters. The molecule has 0 aliphatic rings. The Balaban J connectivity index is 4.05. The summed E-state index contributed by atoms with van der Waals surface area (Å²) in [6, 6.07) is -0.402. The van der Waals surface area contributed by atoms with Crippen molar-refractivity contribution in [3.05, 3.63) is 0 Å². The molecular formula is C10H20N2O2. The van der Waals surface area contributed by atoms with Gasteiger partial charge in [-0.15, -0.1) is 0 Å². The summed E-state index contributed by atoms with van der Waals surface area (Å²) in [6.07, 6.45) is 0.861. The SMILES string of the molecule is CNC(CCC(=O)C(C)(C)C)C(N)=O. The number of carbonyl (C=O) groups is 2. The minimum Gasteiger partial charge on any atom is -0.368 e. The minimum absolute atomic E-state index is 0.152. The summed E-state index contributed by atoms with van der Waals surface area (Å²) in [4.78, 5) is 22.4. The lowest BCUT2D eigenvalue weighted by Crippen LogP contribution is -2.39. The number of amides is 1. The maximum Gasteiger partial charge on any atom is 0.234 e. The molecule has 0 aliphatic carbocycles. The van der Waals surface area contributed by atoms with E-state index in [0.717, 1.165) is 0 Å². The van der Waals surface area contributed by atoms with Crippen LogP contribution in [0.5, 0.6) is 0 Å². The van der Waals surface area contributed by atoms with Gasteiger partial charge >= 0.3 is 0 Å². The molecule has 1 amide bonds. The predicted molar refractivity (Wildman–Crippen MR) is 55.7 cm³/mol. The first-order valence-corrected chi connectivity index (χ1v) is 4.79. The van der Waals surface area contributed by atoms with Crippen molar-refractivity contribution in [1.29, 1.82) is 0 Å². The molecule has 0 saturated heterocycles. The number of ketones is 1. The Morgan fingerprint density at radius 2 is 1.86 bits per heavy atom. The quantitative estimate of drug-likeness (QED) is 0.677. The molecule has 0 aromatic rings. The molecule has 0 saturated carbocycles. The van der Waals surface area contributed by atoms with Crippen molar-refractivity contribution in [1.82, 2.24) is 5.32 Å². The molecule has 0 heterocycles. The highest BCUT2D eigenvalue weighted by Crippen LogP contribution is 2.18. The fourth-order valence-electron chi connectivity index (χ4n) is 1.08. The molecular weight excluding hydrogens is 180 g/mol. The first-order valence-electron chi connectivity index (χ1n) is 4.79. The lowest BCUT2D eigenvalue weighted by molar-refractivity contribution is -0.126. The summed E-state index contributed by atoms with van der Waals surface area (Å²) in [5, 5.41) is 2.78. The number of Topliss-reactive ketones (excluding diaryl/α,β-unsaturated/α-hetero) is 1. The third kappa shape index (κ3) is 4.37. The van der Waals surface area contributed by atoms with Gasteiger partial charge in [0, 0.05) is 11.8 Å². The van der Waals surface area contributed by atoms with Crippen LogP contribution in [0.1, 0.15) is 33.6 Å². The molecule has 0 fully saturated rings. The van der Waals surface area contributed by atoms with E-state index >= 15 is 0 Å². The lowest BCUT2D eigenvalue weighted by Gasteiger charge is -2.18. The normalized spacial score (nSPS) is 13.7. The van der Waals surface area contributed by atoms with Crippen LogP contribution in [0.25, 0.3) is 0 Å². The number of primary amides is 1. The van der Waals surface area contributed by atoms with Gasteiger partial charge in [0.15, 0.2) is 0 Å². The fraction of sp³-hybridized carbons (Fsp3) is 0.800. The van der Waals surface area contributed by atoms with E-state index < -0.39 is 11.9 Å². The number of hydrogen-bond donors (Lipinski definition) is 2. The zero-order valence-corrected chi connectivity index (χ0v) is 9.39. The first-order chi connectivity index (χ1) is 6.29. The topological polar surface area (TPSA) is 72.2 Å². The average Bonchev–Trinajstić information content (AvgIpc) is 2.02. The fourth-order valence-corrected chi connectivity index (χ4v) is 1.08. The zero-order chi connectivity index (χ0) is 11.4. The molecule has 0 spiro atoms. The molecule has 0 bridgehead atoms. The molecule has 0 aliphatic heterocycles. The van der Waals surface area contributed by atoms with Gasteiger partial charge in [-0.05, 0) is 13.5 Å². The van der Waals surface area contributed by atoms with E-state index in [9.17, 15) is 9.59 Å². The summed E-state index contributed by atoms with van der Waals surface area (Å²) in [7, 11) is 1.66. The Hall–Kier alpha value is -0.900. The van der Waals surface area contributed by atoms with Crippen molar-refractivity contribution in [2.45, 2.75) is 39.7 Å². The van der Waals surface area contributed by atoms with Crippen molar-refractivity contribution in [3.8, 4) is 0 Å². The van der Waals surface area contributed by atoms with E-state index in [1.807, 2.05) is 20.8 Å². The molecule has 0 aromatic heterocycles. The first kappa shape index (κ1) is 13.1. The van der Waals surface area contributed by atoms with E-state index in [0.29, 0.717) is 12.8 Å². The summed E-state index contributed by atoms with van der Waals surface area (Å²) in [5.41, 5.74) is 4.79. The Labute approximate surface area is 85.2 Å². The smallest absolute Gasteiger partial charge is 0.234 e. The Kier molecular flexibility index (Phi) is 4.77. The van der Waals surface area contributed by atoms with E-state index in [1.165, 1.54) is 0 Å². The zero-order valence-electron chi connectivity index (χ0n) is 9.39. The Bertz CT molecular complexity index is 219. The molecule has 0 rings (SSSR count). The number of hydrogen-bond acceptors (Lipinski definition) is 3. The second kappa shape index (κ2) is 5.10.